The molecule has 2 fully saturated rings. The summed E-state index contributed by atoms with van der Waals surface area (Å²) in [6.07, 6.45) is 3.95. The number of nitrogens with zero attached hydrogens (tertiary/aromatic N) is 1. The van der Waals surface area contributed by atoms with Crippen LogP contribution in [-0.2, 0) is 0 Å². The van der Waals surface area contributed by atoms with Crippen molar-refractivity contribution >= 4 is 5.91 Å². The first kappa shape index (κ1) is 16.5. The standard InChI is InChI=1S/C19H28N2O2/c1-13(2)14-6-8-15(9-7-14)19(23)20-17-4-3-5-18(17)21-11-10-16(22)12-21/h6-9,13,16-18,22H,3-5,10-12H2,1-2H3,(H,20,23)/t16?,17-,18+/m1/s1. The molecule has 3 atom stereocenters. The number of β-amino-alcohol motifs (C(OH)–C–C–N with tert-alkyl or cyclic N) is 1. The molecule has 1 saturated carbocycles. The second kappa shape index (κ2) is 7.02. The molecule has 4 heteroatoms. The lowest BCUT2D eigenvalue weighted by molar-refractivity contribution is 0.0906. The first-order valence-electron chi connectivity index (χ1n) is 8.87. The average molecular weight is 316 g/mol. The second-order valence-electron chi connectivity index (χ2n) is 7.29. The van der Waals surface area contributed by atoms with Crippen LogP contribution < -0.4 is 5.32 Å². The van der Waals surface area contributed by atoms with E-state index in [-0.39, 0.29) is 18.1 Å². The van der Waals surface area contributed by atoms with E-state index in [0.717, 1.165) is 44.3 Å². The smallest absolute Gasteiger partial charge is 0.251 e. The van der Waals surface area contributed by atoms with Gasteiger partial charge in [0.1, 0.15) is 0 Å². The fourth-order valence-corrected chi connectivity index (χ4v) is 3.89. The van der Waals surface area contributed by atoms with Crippen molar-refractivity contribution < 1.29 is 9.90 Å². The quantitative estimate of drug-likeness (QED) is 0.897. The van der Waals surface area contributed by atoms with Crippen molar-refractivity contribution in [2.24, 2.45) is 0 Å². The van der Waals surface area contributed by atoms with Crippen molar-refractivity contribution in [1.29, 1.82) is 0 Å². The maximum absolute atomic E-state index is 12.5. The fraction of sp³-hybridized carbons (Fsp3) is 0.632. The third-order valence-corrected chi connectivity index (χ3v) is 5.30. The molecule has 3 rings (SSSR count). The van der Waals surface area contributed by atoms with Gasteiger partial charge in [-0.15, -0.1) is 0 Å². The van der Waals surface area contributed by atoms with E-state index in [1.165, 1.54) is 5.56 Å². The van der Waals surface area contributed by atoms with Crippen LogP contribution in [0.1, 0.15) is 61.4 Å². The Kier molecular flexibility index (Phi) is 5.02. The van der Waals surface area contributed by atoms with Crippen LogP contribution in [0.4, 0.5) is 0 Å². The van der Waals surface area contributed by atoms with Gasteiger partial charge in [0, 0.05) is 30.7 Å². The number of benzene rings is 1. The molecule has 1 aliphatic heterocycles. The number of hydrogen-bond donors (Lipinski definition) is 2. The molecule has 1 aliphatic carbocycles. The number of aliphatic hydroxyl groups excluding tert-OH is 1. The van der Waals surface area contributed by atoms with Gasteiger partial charge in [0.25, 0.3) is 5.91 Å². The predicted octanol–water partition coefficient (Wildman–Crippen LogP) is 2.53. The van der Waals surface area contributed by atoms with Crippen molar-refractivity contribution in [3.8, 4) is 0 Å². The zero-order valence-corrected chi connectivity index (χ0v) is 14.2. The molecule has 1 saturated heterocycles. The fourth-order valence-electron chi connectivity index (χ4n) is 3.89. The highest BCUT2D eigenvalue weighted by Gasteiger charge is 2.36. The van der Waals surface area contributed by atoms with E-state index in [4.69, 9.17) is 0 Å². The summed E-state index contributed by atoms with van der Waals surface area (Å²) in [5, 5.41) is 13.0. The van der Waals surface area contributed by atoms with Crippen molar-refractivity contribution in [3.63, 3.8) is 0 Å². The summed E-state index contributed by atoms with van der Waals surface area (Å²) in [5.41, 5.74) is 1.99. The first-order chi connectivity index (χ1) is 11.0. The number of likely N-dealkylation sites (tertiary alicyclic amines) is 1. The average Bonchev–Trinajstić information content (AvgIpc) is 3.16. The lowest BCUT2D eigenvalue weighted by atomic mass is 10.0. The van der Waals surface area contributed by atoms with E-state index in [2.05, 4.69) is 24.1 Å². The van der Waals surface area contributed by atoms with Crippen molar-refractivity contribution in [2.75, 3.05) is 13.1 Å². The molecule has 23 heavy (non-hydrogen) atoms. The van der Waals surface area contributed by atoms with E-state index >= 15 is 0 Å². The minimum Gasteiger partial charge on any atom is -0.392 e. The number of aliphatic hydroxyl groups is 1. The molecular formula is C19H28N2O2. The SMILES string of the molecule is CC(C)c1ccc(C(=O)N[C@@H]2CCC[C@@H]2N2CCC(O)C2)cc1. The Hall–Kier alpha value is -1.39. The number of carbonyl (C=O) groups excluding carboxylic acids is 1. The zero-order chi connectivity index (χ0) is 16.4. The Bertz CT molecular complexity index is 541. The summed E-state index contributed by atoms with van der Waals surface area (Å²) in [6.45, 7) is 6.01. The van der Waals surface area contributed by atoms with Gasteiger partial charge in [-0.25, -0.2) is 0 Å². The summed E-state index contributed by atoms with van der Waals surface area (Å²) in [4.78, 5) is 14.9. The molecule has 2 aliphatic rings. The molecule has 0 radical (unpaired) electrons. The molecule has 0 aromatic heterocycles. The number of hydrogen-bond acceptors (Lipinski definition) is 3. The van der Waals surface area contributed by atoms with Gasteiger partial charge in [0.05, 0.1) is 6.10 Å². The van der Waals surface area contributed by atoms with Gasteiger partial charge in [0.15, 0.2) is 0 Å². The molecule has 126 valence electrons. The summed E-state index contributed by atoms with van der Waals surface area (Å²) >= 11 is 0. The molecule has 1 unspecified atom stereocenters. The normalized spacial score (nSPS) is 28.4. The Balaban J connectivity index is 1.62. The molecular weight excluding hydrogens is 288 g/mol. The van der Waals surface area contributed by atoms with Crippen LogP contribution in [0, 0.1) is 0 Å². The molecule has 4 nitrogen and oxygen atoms in total. The lowest BCUT2D eigenvalue weighted by Crippen LogP contribution is -2.48. The Morgan fingerprint density at radius 1 is 1.22 bits per heavy atom. The van der Waals surface area contributed by atoms with Crippen LogP contribution in [0.25, 0.3) is 0 Å². The van der Waals surface area contributed by atoms with Crippen LogP contribution >= 0.6 is 0 Å². The van der Waals surface area contributed by atoms with E-state index in [1.54, 1.807) is 0 Å². The highest BCUT2D eigenvalue weighted by Crippen LogP contribution is 2.27. The number of amides is 1. The van der Waals surface area contributed by atoms with Gasteiger partial charge in [-0.2, -0.15) is 0 Å². The molecule has 2 N–H and O–H groups in total. The third-order valence-electron chi connectivity index (χ3n) is 5.30. The van der Waals surface area contributed by atoms with E-state index < -0.39 is 0 Å². The third kappa shape index (κ3) is 3.75. The second-order valence-corrected chi connectivity index (χ2v) is 7.29. The van der Waals surface area contributed by atoms with E-state index in [1.807, 2.05) is 24.3 Å². The maximum Gasteiger partial charge on any atom is 0.251 e. The minimum absolute atomic E-state index is 0.0250. The molecule has 0 spiro atoms. The predicted molar refractivity (Wildman–Crippen MR) is 91.6 cm³/mol. The highest BCUT2D eigenvalue weighted by molar-refractivity contribution is 5.94. The van der Waals surface area contributed by atoms with Crippen LogP contribution in [0.5, 0.6) is 0 Å². The number of rotatable bonds is 4. The Morgan fingerprint density at radius 2 is 1.96 bits per heavy atom. The van der Waals surface area contributed by atoms with Crippen molar-refractivity contribution in [2.45, 2.75) is 63.6 Å². The van der Waals surface area contributed by atoms with Gasteiger partial charge >= 0.3 is 0 Å². The van der Waals surface area contributed by atoms with Crippen LogP contribution in [0.2, 0.25) is 0 Å². The van der Waals surface area contributed by atoms with Crippen molar-refractivity contribution in [3.05, 3.63) is 35.4 Å². The van der Waals surface area contributed by atoms with Gasteiger partial charge in [-0.1, -0.05) is 26.0 Å². The highest BCUT2D eigenvalue weighted by atomic mass is 16.3. The molecule has 1 aromatic carbocycles. The van der Waals surface area contributed by atoms with Gasteiger partial charge in [-0.3, -0.25) is 9.69 Å². The van der Waals surface area contributed by atoms with E-state index in [9.17, 15) is 9.90 Å². The van der Waals surface area contributed by atoms with Gasteiger partial charge < -0.3 is 10.4 Å². The largest absolute Gasteiger partial charge is 0.392 e. The van der Waals surface area contributed by atoms with Crippen LogP contribution in [0.3, 0.4) is 0 Å². The molecule has 1 amide bonds. The topological polar surface area (TPSA) is 52.6 Å². The van der Waals surface area contributed by atoms with Crippen LogP contribution in [0.15, 0.2) is 24.3 Å². The minimum atomic E-state index is -0.199. The molecule has 1 heterocycles. The molecule has 1 aromatic rings. The summed E-state index contributed by atoms with van der Waals surface area (Å²) in [5.74, 6) is 0.505. The van der Waals surface area contributed by atoms with E-state index in [0.29, 0.717) is 12.0 Å². The van der Waals surface area contributed by atoms with Gasteiger partial charge in [0.2, 0.25) is 0 Å². The van der Waals surface area contributed by atoms with Crippen molar-refractivity contribution in [1.82, 2.24) is 10.2 Å². The summed E-state index contributed by atoms with van der Waals surface area (Å²) in [6, 6.07) is 8.52. The molecule has 0 bridgehead atoms. The summed E-state index contributed by atoms with van der Waals surface area (Å²) in [7, 11) is 0. The number of carbonyl (C=O) groups is 1. The number of nitrogens with one attached hydrogen (secondary N) is 1. The van der Waals surface area contributed by atoms with Crippen LogP contribution in [-0.4, -0.2) is 47.2 Å². The maximum atomic E-state index is 12.5. The van der Waals surface area contributed by atoms with Gasteiger partial charge in [-0.05, 0) is 49.3 Å². The Morgan fingerprint density at radius 3 is 2.57 bits per heavy atom. The monoisotopic (exact) mass is 316 g/mol. The Labute approximate surface area is 138 Å². The zero-order valence-electron chi connectivity index (χ0n) is 14.2. The first-order valence-corrected chi connectivity index (χ1v) is 8.87. The summed E-state index contributed by atoms with van der Waals surface area (Å²) < 4.78 is 0. The lowest BCUT2D eigenvalue weighted by Gasteiger charge is -2.29.